The van der Waals surface area contributed by atoms with E-state index in [1.54, 1.807) is 44.2 Å². The molecule has 0 aliphatic rings. The third kappa shape index (κ3) is 4.55. The Bertz CT molecular complexity index is 1060. The summed E-state index contributed by atoms with van der Waals surface area (Å²) < 4.78 is 17.4. The van der Waals surface area contributed by atoms with Crippen molar-refractivity contribution in [2.45, 2.75) is 13.0 Å². The summed E-state index contributed by atoms with van der Waals surface area (Å²) in [6, 6.07) is 12.7. The summed E-state index contributed by atoms with van der Waals surface area (Å²) >= 11 is 0. The first-order chi connectivity index (χ1) is 14.2. The average molecular weight is 396 g/mol. The molecule has 1 heterocycles. The maximum atomic E-state index is 12.9. The lowest BCUT2D eigenvalue weighted by Gasteiger charge is -2.13. The van der Waals surface area contributed by atoms with E-state index < -0.39 is 0 Å². The van der Waals surface area contributed by atoms with Crippen molar-refractivity contribution in [3.63, 3.8) is 0 Å². The van der Waals surface area contributed by atoms with Crippen molar-refractivity contribution in [2.75, 3.05) is 33.4 Å². The number of hydrogen-bond donors (Lipinski definition) is 1. The summed E-state index contributed by atoms with van der Waals surface area (Å²) in [7, 11) is 4.78. The summed E-state index contributed by atoms with van der Waals surface area (Å²) in [5.74, 6) is 1.55. The Labute approximate surface area is 168 Å². The van der Waals surface area contributed by atoms with E-state index >= 15 is 0 Å². The van der Waals surface area contributed by atoms with Crippen molar-refractivity contribution in [1.29, 1.82) is 0 Å². The van der Waals surface area contributed by atoms with Gasteiger partial charge in [-0.3, -0.25) is 9.36 Å². The smallest absolute Gasteiger partial charge is 0.262 e. The Balaban J connectivity index is 1.94. The number of ether oxygens (including phenoxy) is 3. The molecule has 0 atom stereocenters. The summed E-state index contributed by atoms with van der Waals surface area (Å²) in [5, 5.41) is 4.83. The average Bonchev–Trinajstić information content (AvgIpc) is 2.75. The van der Waals surface area contributed by atoms with Gasteiger partial charge in [0.15, 0.2) is 11.5 Å². The number of nitrogens with one attached hydrogen (secondary N) is 1. The van der Waals surface area contributed by atoms with Crippen LogP contribution in [0, 0.1) is 0 Å². The van der Waals surface area contributed by atoms with Gasteiger partial charge in [0.25, 0.3) is 5.56 Å². The number of anilines is 1. The first kappa shape index (κ1) is 20.3. The van der Waals surface area contributed by atoms with Crippen molar-refractivity contribution >= 4 is 23.1 Å². The lowest BCUT2D eigenvalue weighted by atomic mass is 10.2. The molecule has 0 bridgehead atoms. The van der Waals surface area contributed by atoms with Crippen LogP contribution in [0.3, 0.4) is 0 Å². The lowest BCUT2D eigenvalue weighted by molar-refractivity contribution is 0.190. The first-order valence-corrected chi connectivity index (χ1v) is 9.18. The number of hydrogen-bond acceptors (Lipinski definition) is 7. The highest BCUT2D eigenvalue weighted by Gasteiger charge is 2.11. The van der Waals surface area contributed by atoms with Crippen LogP contribution >= 0.6 is 0 Å². The van der Waals surface area contributed by atoms with Gasteiger partial charge in [-0.2, -0.15) is 5.10 Å². The second-order valence-corrected chi connectivity index (χ2v) is 6.21. The molecule has 0 saturated carbocycles. The second-order valence-electron chi connectivity index (χ2n) is 6.21. The quantitative estimate of drug-likeness (QED) is 0.340. The summed E-state index contributed by atoms with van der Waals surface area (Å²) in [6.07, 6.45) is 2.28. The number of para-hydroxylation sites is 2. The first-order valence-electron chi connectivity index (χ1n) is 9.18. The molecule has 0 saturated heterocycles. The van der Waals surface area contributed by atoms with Crippen molar-refractivity contribution in [1.82, 2.24) is 9.55 Å². The van der Waals surface area contributed by atoms with Gasteiger partial charge in [-0.05, 0) is 30.7 Å². The van der Waals surface area contributed by atoms with E-state index in [-0.39, 0.29) is 5.56 Å². The van der Waals surface area contributed by atoms with Crippen LogP contribution < -0.4 is 20.5 Å². The van der Waals surface area contributed by atoms with Crippen LogP contribution in [-0.4, -0.2) is 43.7 Å². The molecular formula is C21H24N4O4. The Morgan fingerprint density at radius 2 is 1.93 bits per heavy atom. The topological polar surface area (TPSA) is 87.0 Å². The fourth-order valence-corrected chi connectivity index (χ4v) is 3.00. The van der Waals surface area contributed by atoms with Gasteiger partial charge in [-0.15, -0.1) is 0 Å². The van der Waals surface area contributed by atoms with E-state index in [0.717, 1.165) is 5.56 Å². The zero-order valence-corrected chi connectivity index (χ0v) is 16.7. The lowest BCUT2D eigenvalue weighted by Crippen LogP contribution is -2.24. The van der Waals surface area contributed by atoms with Gasteiger partial charge in [0, 0.05) is 25.8 Å². The molecule has 0 fully saturated rings. The van der Waals surface area contributed by atoms with Crippen molar-refractivity contribution in [3.8, 4) is 11.5 Å². The molecule has 0 radical (unpaired) electrons. The summed E-state index contributed by atoms with van der Waals surface area (Å²) in [4.78, 5) is 17.5. The van der Waals surface area contributed by atoms with Gasteiger partial charge in [0.2, 0.25) is 5.95 Å². The third-order valence-corrected chi connectivity index (χ3v) is 4.39. The number of aromatic nitrogens is 2. The number of fused-ring (bicyclic) bond motifs is 1. The van der Waals surface area contributed by atoms with E-state index in [9.17, 15) is 4.79 Å². The minimum absolute atomic E-state index is 0.122. The molecule has 2 aromatic carbocycles. The highest BCUT2D eigenvalue weighted by molar-refractivity contribution is 5.85. The molecule has 152 valence electrons. The van der Waals surface area contributed by atoms with Crippen molar-refractivity contribution in [2.24, 2.45) is 5.10 Å². The summed E-state index contributed by atoms with van der Waals surface area (Å²) in [6.45, 7) is 1.01. The number of hydrazone groups is 1. The van der Waals surface area contributed by atoms with Gasteiger partial charge < -0.3 is 14.2 Å². The van der Waals surface area contributed by atoms with Crippen LogP contribution in [0.1, 0.15) is 12.0 Å². The number of benzene rings is 2. The molecule has 3 rings (SSSR count). The normalized spacial score (nSPS) is 11.1. The van der Waals surface area contributed by atoms with Gasteiger partial charge in [-0.25, -0.2) is 10.4 Å². The Morgan fingerprint density at radius 1 is 1.10 bits per heavy atom. The van der Waals surface area contributed by atoms with E-state index in [0.29, 0.717) is 47.9 Å². The van der Waals surface area contributed by atoms with E-state index in [1.807, 2.05) is 30.3 Å². The van der Waals surface area contributed by atoms with Crippen LogP contribution in [-0.2, 0) is 11.3 Å². The highest BCUT2D eigenvalue weighted by Crippen LogP contribution is 2.29. The van der Waals surface area contributed by atoms with Crippen molar-refractivity contribution < 1.29 is 14.2 Å². The van der Waals surface area contributed by atoms with Crippen LogP contribution in [0.2, 0.25) is 0 Å². The molecule has 8 nitrogen and oxygen atoms in total. The SMILES string of the molecule is COCCCn1c(N/N=C\c2cccc(OC)c2OC)nc2ccccc2c1=O. The van der Waals surface area contributed by atoms with Crippen LogP contribution in [0.5, 0.6) is 11.5 Å². The highest BCUT2D eigenvalue weighted by atomic mass is 16.5. The molecule has 29 heavy (non-hydrogen) atoms. The number of methoxy groups -OCH3 is 3. The minimum Gasteiger partial charge on any atom is -0.493 e. The molecule has 0 unspecified atom stereocenters. The van der Waals surface area contributed by atoms with Gasteiger partial charge in [-0.1, -0.05) is 18.2 Å². The largest absolute Gasteiger partial charge is 0.493 e. The predicted octanol–water partition coefficient (Wildman–Crippen LogP) is 2.90. The molecule has 8 heteroatoms. The Kier molecular flexibility index (Phi) is 6.80. The molecule has 1 aromatic heterocycles. The zero-order valence-electron chi connectivity index (χ0n) is 16.7. The van der Waals surface area contributed by atoms with Crippen LogP contribution in [0.15, 0.2) is 52.4 Å². The summed E-state index contributed by atoms with van der Waals surface area (Å²) in [5.41, 5.74) is 4.11. The molecule has 0 amide bonds. The zero-order chi connectivity index (χ0) is 20.6. The van der Waals surface area contributed by atoms with E-state index in [1.165, 1.54) is 0 Å². The standard InChI is InChI=1S/C21H24N4O4/c1-27-13-7-12-25-20(26)16-9-4-5-10-17(16)23-21(25)24-22-14-15-8-6-11-18(28-2)19(15)29-3/h4-6,8-11,14H,7,12-13H2,1-3H3,(H,23,24)/b22-14-. The molecule has 0 spiro atoms. The Morgan fingerprint density at radius 3 is 2.69 bits per heavy atom. The monoisotopic (exact) mass is 396 g/mol. The molecule has 0 aliphatic carbocycles. The van der Waals surface area contributed by atoms with Crippen molar-refractivity contribution in [3.05, 3.63) is 58.4 Å². The Hall–Kier alpha value is -3.39. The van der Waals surface area contributed by atoms with E-state index in [2.05, 4.69) is 15.5 Å². The van der Waals surface area contributed by atoms with Gasteiger partial charge in [0.1, 0.15) is 0 Å². The fourth-order valence-electron chi connectivity index (χ4n) is 3.00. The number of rotatable bonds is 9. The maximum absolute atomic E-state index is 12.9. The second kappa shape index (κ2) is 9.70. The molecule has 0 aliphatic heterocycles. The number of nitrogens with zero attached hydrogens (tertiary/aromatic N) is 3. The van der Waals surface area contributed by atoms with Gasteiger partial charge in [0.05, 0.1) is 31.3 Å². The molecule has 1 N–H and O–H groups in total. The van der Waals surface area contributed by atoms with Gasteiger partial charge >= 0.3 is 0 Å². The minimum atomic E-state index is -0.122. The van der Waals surface area contributed by atoms with Crippen LogP contribution in [0.25, 0.3) is 10.9 Å². The van der Waals surface area contributed by atoms with Crippen LogP contribution in [0.4, 0.5) is 5.95 Å². The van der Waals surface area contributed by atoms with E-state index in [4.69, 9.17) is 14.2 Å². The third-order valence-electron chi connectivity index (χ3n) is 4.39. The predicted molar refractivity (Wildman–Crippen MR) is 113 cm³/mol. The molecule has 3 aromatic rings. The fraction of sp³-hybridized carbons (Fsp3) is 0.286. The molecular weight excluding hydrogens is 372 g/mol. The maximum Gasteiger partial charge on any atom is 0.262 e.